The highest BCUT2D eigenvalue weighted by atomic mass is 79.9. The normalized spacial score (nSPS) is 10.2. The third-order valence-electron chi connectivity index (χ3n) is 1.51. The molecule has 0 aromatic carbocycles. The highest BCUT2D eigenvalue weighted by Crippen LogP contribution is 2.29. The number of nitrogens with two attached hydrogens (primary N) is 1. The number of hydrogen-bond acceptors (Lipinski definition) is 4. The molecular formula is C8H6BrN3S. The fourth-order valence-electron chi connectivity index (χ4n) is 0.926. The van der Waals surface area contributed by atoms with E-state index in [-0.39, 0.29) is 0 Å². The summed E-state index contributed by atoms with van der Waals surface area (Å²) in [4.78, 5) is 1.08. The van der Waals surface area contributed by atoms with Crippen molar-refractivity contribution in [2.75, 3.05) is 5.73 Å². The zero-order valence-corrected chi connectivity index (χ0v) is 8.97. The predicted molar refractivity (Wildman–Crippen MR) is 57.5 cm³/mol. The average Bonchev–Trinajstić information content (AvgIpc) is 2.53. The first-order valence-electron chi connectivity index (χ1n) is 3.60. The lowest BCUT2D eigenvalue weighted by atomic mass is 10.3. The van der Waals surface area contributed by atoms with Gasteiger partial charge in [-0.1, -0.05) is 0 Å². The molecule has 0 aliphatic heterocycles. The Morgan fingerprint density at radius 3 is 2.54 bits per heavy atom. The summed E-state index contributed by atoms with van der Waals surface area (Å²) < 4.78 is 1.08. The SMILES string of the molecule is Nc1ccc(-c2ccc(Br)s2)nn1. The molecule has 0 radical (unpaired) electrons. The van der Waals surface area contributed by atoms with Gasteiger partial charge in [-0.25, -0.2) is 0 Å². The smallest absolute Gasteiger partial charge is 0.146 e. The van der Waals surface area contributed by atoms with Gasteiger partial charge in [-0.3, -0.25) is 0 Å². The standard InChI is InChI=1S/C8H6BrN3S/c9-7-3-2-6(13-7)5-1-4-8(10)12-11-5/h1-4H,(H2,10,12). The van der Waals surface area contributed by atoms with Crippen LogP contribution >= 0.6 is 27.3 Å². The van der Waals surface area contributed by atoms with Gasteiger partial charge in [-0.15, -0.1) is 21.5 Å². The molecule has 0 amide bonds. The lowest BCUT2D eigenvalue weighted by Crippen LogP contribution is -1.92. The van der Waals surface area contributed by atoms with Gasteiger partial charge in [0.05, 0.1) is 8.66 Å². The summed E-state index contributed by atoms with van der Waals surface area (Å²) >= 11 is 5.01. The quantitative estimate of drug-likeness (QED) is 0.853. The molecule has 0 saturated heterocycles. The minimum atomic E-state index is 0.444. The molecular weight excluding hydrogens is 250 g/mol. The Morgan fingerprint density at radius 1 is 1.15 bits per heavy atom. The molecule has 5 heteroatoms. The van der Waals surface area contributed by atoms with Crippen LogP contribution in [0.3, 0.4) is 0 Å². The van der Waals surface area contributed by atoms with E-state index in [9.17, 15) is 0 Å². The number of aromatic nitrogens is 2. The molecule has 0 aliphatic rings. The van der Waals surface area contributed by atoms with Crippen LogP contribution in [0.1, 0.15) is 0 Å². The van der Waals surface area contributed by atoms with E-state index >= 15 is 0 Å². The molecule has 2 heterocycles. The monoisotopic (exact) mass is 255 g/mol. The minimum absolute atomic E-state index is 0.444. The van der Waals surface area contributed by atoms with Crippen LogP contribution in [-0.2, 0) is 0 Å². The van der Waals surface area contributed by atoms with Crippen molar-refractivity contribution in [1.82, 2.24) is 10.2 Å². The Hall–Kier alpha value is -0.940. The fraction of sp³-hybridized carbons (Fsp3) is 0. The molecule has 0 atom stereocenters. The summed E-state index contributed by atoms with van der Waals surface area (Å²) in [6.45, 7) is 0. The van der Waals surface area contributed by atoms with E-state index in [0.717, 1.165) is 14.4 Å². The molecule has 0 bridgehead atoms. The van der Waals surface area contributed by atoms with Gasteiger partial charge in [0.15, 0.2) is 0 Å². The number of thiophene rings is 1. The van der Waals surface area contributed by atoms with E-state index in [2.05, 4.69) is 26.1 Å². The van der Waals surface area contributed by atoms with E-state index in [1.807, 2.05) is 18.2 Å². The number of anilines is 1. The van der Waals surface area contributed by atoms with Crippen molar-refractivity contribution in [3.8, 4) is 10.6 Å². The first-order chi connectivity index (χ1) is 6.25. The van der Waals surface area contributed by atoms with Crippen molar-refractivity contribution < 1.29 is 0 Å². The van der Waals surface area contributed by atoms with Crippen LogP contribution in [0.2, 0.25) is 0 Å². The van der Waals surface area contributed by atoms with Crippen LogP contribution in [0.15, 0.2) is 28.1 Å². The second kappa shape index (κ2) is 3.43. The summed E-state index contributed by atoms with van der Waals surface area (Å²) in [5, 5.41) is 7.76. The summed E-state index contributed by atoms with van der Waals surface area (Å²) in [7, 11) is 0. The Morgan fingerprint density at radius 2 is 2.00 bits per heavy atom. The lowest BCUT2D eigenvalue weighted by molar-refractivity contribution is 1.05. The molecule has 66 valence electrons. The van der Waals surface area contributed by atoms with Crippen molar-refractivity contribution >= 4 is 33.1 Å². The number of hydrogen-bond donors (Lipinski definition) is 1. The molecule has 3 nitrogen and oxygen atoms in total. The molecule has 2 N–H and O–H groups in total. The summed E-state index contributed by atoms with van der Waals surface area (Å²) in [6, 6.07) is 7.59. The van der Waals surface area contributed by atoms with Gasteiger partial charge in [0.2, 0.25) is 0 Å². The zero-order valence-electron chi connectivity index (χ0n) is 6.57. The van der Waals surface area contributed by atoms with Gasteiger partial charge in [0.1, 0.15) is 11.5 Å². The van der Waals surface area contributed by atoms with Crippen LogP contribution in [0.4, 0.5) is 5.82 Å². The highest BCUT2D eigenvalue weighted by molar-refractivity contribution is 9.11. The van der Waals surface area contributed by atoms with Gasteiger partial charge in [0, 0.05) is 0 Å². The van der Waals surface area contributed by atoms with Crippen molar-refractivity contribution in [2.24, 2.45) is 0 Å². The van der Waals surface area contributed by atoms with Crippen molar-refractivity contribution in [3.05, 3.63) is 28.1 Å². The molecule has 0 spiro atoms. The van der Waals surface area contributed by atoms with Crippen molar-refractivity contribution in [3.63, 3.8) is 0 Å². The minimum Gasteiger partial charge on any atom is -0.382 e. The molecule has 0 saturated carbocycles. The fourth-order valence-corrected chi connectivity index (χ4v) is 2.28. The summed E-state index contributed by atoms with van der Waals surface area (Å²) in [6.07, 6.45) is 0. The van der Waals surface area contributed by atoms with E-state index < -0.39 is 0 Å². The summed E-state index contributed by atoms with van der Waals surface area (Å²) in [5.41, 5.74) is 6.28. The molecule has 2 rings (SSSR count). The first-order valence-corrected chi connectivity index (χ1v) is 5.21. The maximum atomic E-state index is 5.43. The van der Waals surface area contributed by atoms with Crippen LogP contribution in [0.5, 0.6) is 0 Å². The topological polar surface area (TPSA) is 51.8 Å². The van der Waals surface area contributed by atoms with Crippen LogP contribution in [-0.4, -0.2) is 10.2 Å². The third kappa shape index (κ3) is 1.87. The number of rotatable bonds is 1. The zero-order chi connectivity index (χ0) is 9.26. The van der Waals surface area contributed by atoms with Gasteiger partial charge in [-0.2, -0.15) is 0 Å². The first kappa shape index (κ1) is 8.65. The highest BCUT2D eigenvalue weighted by Gasteiger charge is 2.02. The Balaban J connectivity index is 2.41. The van der Waals surface area contributed by atoms with Crippen molar-refractivity contribution in [1.29, 1.82) is 0 Å². The van der Waals surface area contributed by atoms with Gasteiger partial charge >= 0.3 is 0 Å². The van der Waals surface area contributed by atoms with Crippen LogP contribution in [0.25, 0.3) is 10.6 Å². The second-order valence-corrected chi connectivity index (χ2v) is 4.91. The Kier molecular flexibility index (Phi) is 2.28. The second-order valence-electron chi connectivity index (χ2n) is 2.45. The van der Waals surface area contributed by atoms with Crippen molar-refractivity contribution in [2.45, 2.75) is 0 Å². The molecule has 0 unspecified atom stereocenters. The van der Waals surface area contributed by atoms with Gasteiger partial charge < -0.3 is 5.73 Å². The van der Waals surface area contributed by atoms with E-state index in [1.54, 1.807) is 17.4 Å². The number of nitrogen functional groups attached to an aromatic ring is 1. The molecule has 13 heavy (non-hydrogen) atoms. The predicted octanol–water partition coefficient (Wildman–Crippen LogP) is 2.55. The Labute approximate surface area is 87.7 Å². The molecule has 2 aromatic heterocycles. The van der Waals surface area contributed by atoms with E-state index in [0.29, 0.717) is 5.82 Å². The maximum absolute atomic E-state index is 5.43. The van der Waals surface area contributed by atoms with Crippen LogP contribution in [0, 0.1) is 0 Å². The van der Waals surface area contributed by atoms with E-state index in [1.165, 1.54) is 0 Å². The molecule has 2 aromatic rings. The maximum Gasteiger partial charge on any atom is 0.146 e. The van der Waals surface area contributed by atoms with Gasteiger partial charge in [0.25, 0.3) is 0 Å². The number of nitrogens with zero attached hydrogens (tertiary/aromatic N) is 2. The lowest BCUT2D eigenvalue weighted by Gasteiger charge is -1.94. The molecule has 0 fully saturated rings. The molecule has 0 aliphatic carbocycles. The van der Waals surface area contributed by atoms with E-state index in [4.69, 9.17) is 5.73 Å². The van der Waals surface area contributed by atoms with Crippen LogP contribution < -0.4 is 5.73 Å². The average molecular weight is 256 g/mol. The Bertz CT molecular complexity index is 410. The van der Waals surface area contributed by atoms with Gasteiger partial charge in [-0.05, 0) is 40.2 Å². The largest absolute Gasteiger partial charge is 0.382 e. The summed E-state index contributed by atoms with van der Waals surface area (Å²) in [5.74, 6) is 0.444. The third-order valence-corrected chi connectivity index (χ3v) is 3.16. The number of halogens is 1.